The number of rotatable bonds is 10. The summed E-state index contributed by atoms with van der Waals surface area (Å²) in [6.07, 6.45) is 2.21. The molecule has 1 aromatic heterocycles. The van der Waals surface area contributed by atoms with Gasteiger partial charge in [-0.2, -0.15) is 0 Å². The second kappa shape index (κ2) is 9.75. The van der Waals surface area contributed by atoms with Gasteiger partial charge in [-0.15, -0.1) is 0 Å². The van der Waals surface area contributed by atoms with E-state index in [1.165, 1.54) is 6.07 Å². The predicted octanol–water partition coefficient (Wildman–Crippen LogP) is 2.88. The van der Waals surface area contributed by atoms with E-state index < -0.39 is 17.7 Å². The molecule has 2 aromatic rings. The van der Waals surface area contributed by atoms with Crippen LogP contribution in [-0.2, 0) is 16.0 Å². The summed E-state index contributed by atoms with van der Waals surface area (Å²) >= 11 is 0. The number of hydrogen-bond donors (Lipinski definition) is 2. The molecule has 2 N–H and O–H groups in total. The van der Waals surface area contributed by atoms with E-state index in [-0.39, 0.29) is 12.3 Å². The maximum atomic E-state index is 12.1. The molecule has 0 spiro atoms. The van der Waals surface area contributed by atoms with Gasteiger partial charge in [0.05, 0.1) is 0 Å². The number of carbonyl (C=O) groups excluding carboxylic acids is 1. The molecular formula is C20H25NO6. The number of hydrogen-bond acceptors (Lipinski definition) is 5. The number of unbranched alkanes of at least 4 members (excludes halogenated alkanes) is 2. The van der Waals surface area contributed by atoms with Crippen LogP contribution in [0.3, 0.4) is 0 Å². The minimum absolute atomic E-state index is 0.144. The third-order valence-electron chi connectivity index (χ3n) is 4.23. The van der Waals surface area contributed by atoms with Gasteiger partial charge in [-0.05, 0) is 43.9 Å². The molecule has 0 fully saturated rings. The molecule has 27 heavy (non-hydrogen) atoms. The van der Waals surface area contributed by atoms with E-state index in [1.54, 1.807) is 19.1 Å². The van der Waals surface area contributed by atoms with Crippen molar-refractivity contribution in [2.24, 2.45) is 0 Å². The number of amides is 1. The zero-order valence-corrected chi connectivity index (χ0v) is 15.6. The van der Waals surface area contributed by atoms with Gasteiger partial charge < -0.3 is 19.6 Å². The van der Waals surface area contributed by atoms with Crippen LogP contribution in [0.5, 0.6) is 5.75 Å². The van der Waals surface area contributed by atoms with Crippen LogP contribution < -0.4 is 15.7 Å². The van der Waals surface area contributed by atoms with Crippen molar-refractivity contribution in [2.75, 3.05) is 6.54 Å². The average Bonchev–Trinajstić information content (AvgIpc) is 2.62. The lowest BCUT2D eigenvalue weighted by Gasteiger charge is -2.15. The van der Waals surface area contributed by atoms with Crippen molar-refractivity contribution in [2.45, 2.75) is 52.1 Å². The summed E-state index contributed by atoms with van der Waals surface area (Å²) in [5.41, 5.74) is 0.926. The van der Waals surface area contributed by atoms with Gasteiger partial charge in [0.25, 0.3) is 5.91 Å². The molecule has 0 radical (unpaired) electrons. The standard InChI is InChI=1S/C20H25NO6/c1-3-14-11-19(24)27-17-12-15(8-9-16(14)17)26-13(2)20(25)21-10-6-4-5-7-18(22)23/h8-9,11-13H,3-7,10H2,1-2H3,(H,21,25)(H,22,23). The highest BCUT2D eigenvalue weighted by molar-refractivity contribution is 5.82. The molecule has 146 valence electrons. The molecule has 7 heteroatoms. The minimum Gasteiger partial charge on any atom is -0.481 e. The van der Waals surface area contributed by atoms with Gasteiger partial charge in [0, 0.05) is 30.5 Å². The maximum absolute atomic E-state index is 12.1. The van der Waals surface area contributed by atoms with E-state index in [2.05, 4.69) is 5.32 Å². The molecule has 1 amide bonds. The van der Waals surface area contributed by atoms with E-state index in [1.807, 2.05) is 13.0 Å². The minimum atomic E-state index is -0.807. The molecule has 1 aromatic carbocycles. The lowest BCUT2D eigenvalue weighted by Crippen LogP contribution is -2.36. The van der Waals surface area contributed by atoms with Crippen LogP contribution in [0, 0.1) is 0 Å². The summed E-state index contributed by atoms with van der Waals surface area (Å²) in [7, 11) is 0. The predicted molar refractivity (Wildman–Crippen MR) is 101 cm³/mol. The Morgan fingerprint density at radius 2 is 2.00 bits per heavy atom. The average molecular weight is 375 g/mol. The van der Waals surface area contributed by atoms with Crippen LogP contribution in [0.25, 0.3) is 11.0 Å². The molecule has 1 unspecified atom stereocenters. The molecule has 2 rings (SSSR count). The Balaban J connectivity index is 1.89. The van der Waals surface area contributed by atoms with Crippen LogP contribution in [-0.4, -0.2) is 29.6 Å². The SMILES string of the molecule is CCc1cc(=O)oc2cc(OC(C)C(=O)NCCCCCC(=O)O)ccc12. The molecule has 0 saturated heterocycles. The van der Waals surface area contributed by atoms with Crippen LogP contribution in [0.4, 0.5) is 0 Å². The first kappa shape index (κ1) is 20.5. The number of benzene rings is 1. The number of nitrogens with one attached hydrogen (secondary N) is 1. The number of carboxylic acids is 1. The van der Waals surface area contributed by atoms with Gasteiger partial charge in [-0.3, -0.25) is 9.59 Å². The fourth-order valence-corrected chi connectivity index (χ4v) is 2.77. The van der Waals surface area contributed by atoms with Gasteiger partial charge in [0.2, 0.25) is 0 Å². The van der Waals surface area contributed by atoms with E-state index in [0.29, 0.717) is 37.1 Å². The summed E-state index contributed by atoms with van der Waals surface area (Å²) in [5.74, 6) is -0.613. The Morgan fingerprint density at radius 1 is 1.22 bits per heavy atom. The molecule has 0 aliphatic rings. The van der Waals surface area contributed by atoms with Crippen molar-refractivity contribution in [1.82, 2.24) is 5.32 Å². The number of carboxylic acid groups (broad SMARTS) is 1. The topological polar surface area (TPSA) is 106 Å². The van der Waals surface area contributed by atoms with E-state index in [9.17, 15) is 14.4 Å². The third-order valence-corrected chi connectivity index (χ3v) is 4.23. The first-order chi connectivity index (χ1) is 12.9. The normalized spacial score (nSPS) is 11.9. The lowest BCUT2D eigenvalue weighted by molar-refractivity contribution is -0.137. The number of aryl methyl sites for hydroxylation is 1. The Bertz CT molecular complexity index is 857. The summed E-state index contributed by atoms with van der Waals surface area (Å²) in [5, 5.41) is 12.2. The van der Waals surface area contributed by atoms with Crippen LogP contribution in [0.2, 0.25) is 0 Å². The number of aliphatic carboxylic acids is 1. The molecular weight excluding hydrogens is 350 g/mol. The first-order valence-corrected chi connectivity index (χ1v) is 9.13. The second-order valence-electron chi connectivity index (χ2n) is 6.36. The van der Waals surface area contributed by atoms with Crippen molar-refractivity contribution in [3.8, 4) is 5.75 Å². The Labute approximate surface area is 157 Å². The van der Waals surface area contributed by atoms with Crippen molar-refractivity contribution in [1.29, 1.82) is 0 Å². The second-order valence-corrected chi connectivity index (χ2v) is 6.36. The van der Waals surface area contributed by atoms with Crippen molar-refractivity contribution >= 4 is 22.8 Å². The Kier molecular flexibility index (Phi) is 7.40. The highest BCUT2D eigenvalue weighted by Gasteiger charge is 2.15. The zero-order chi connectivity index (χ0) is 19.8. The highest BCUT2D eigenvalue weighted by Crippen LogP contribution is 2.23. The van der Waals surface area contributed by atoms with Crippen molar-refractivity contribution in [3.63, 3.8) is 0 Å². The monoisotopic (exact) mass is 375 g/mol. The van der Waals surface area contributed by atoms with Crippen LogP contribution in [0.15, 0.2) is 33.5 Å². The Morgan fingerprint density at radius 3 is 2.70 bits per heavy atom. The maximum Gasteiger partial charge on any atom is 0.336 e. The molecule has 7 nitrogen and oxygen atoms in total. The van der Waals surface area contributed by atoms with Gasteiger partial charge in [-0.25, -0.2) is 4.79 Å². The van der Waals surface area contributed by atoms with Crippen LogP contribution >= 0.6 is 0 Å². The summed E-state index contributed by atoms with van der Waals surface area (Å²) in [6, 6.07) is 6.66. The third kappa shape index (κ3) is 6.13. The van der Waals surface area contributed by atoms with Gasteiger partial charge in [0.15, 0.2) is 6.10 Å². The van der Waals surface area contributed by atoms with Crippen LogP contribution in [0.1, 0.15) is 45.1 Å². The molecule has 0 saturated carbocycles. The van der Waals surface area contributed by atoms with Gasteiger partial charge >= 0.3 is 11.6 Å². The quantitative estimate of drug-likeness (QED) is 0.489. The van der Waals surface area contributed by atoms with Crippen molar-refractivity contribution in [3.05, 3.63) is 40.2 Å². The lowest BCUT2D eigenvalue weighted by atomic mass is 10.1. The number of ether oxygens (including phenoxy) is 1. The largest absolute Gasteiger partial charge is 0.481 e. The summed E-state index contributed by atoms with van der Waals surface area (Å²) < 4.78 is 10.9. The van der Waals surface area contributed by atoms with Gasteiger partial charge in [-0.1, -0.05) is 13.3 Å². The van der Waals surface area contributed by atoms with E-state index >= 15 is 0 Å². The highest BCUT2D eigenvalue weighted by atomic mass is 16.5. The molecule has 0 bridgehead atoms. The van der Waals surface area contributed by atoms with E-state index in [4.69, 9.17) is 14.3 Å². The van der Waals surface area contributed by atoms with E-state index in [0.717, 1.165) is 17.4 Å². The number of fused-ring (bicyclic) bond motifs is 1. The fraction of sp³-hybridized carbons (Fsp3) is 0.450. The fourth-order valence-electron chi connectivity index (χ4n) is 2.77. The molecule has 1 atom stereocenters. The summed E-state index contributed by atoms with van der Waals surface area (Å²) in [4.78, 5) is 34.2. The molecule has 0 aliphatic carbocycles. The molecule has 0 aliphatic heterocycles. The zero-order valence-electron chi connectivity index (χ0n) is 15.6. The number of carbonyl (C=O) groups is 2. The first-order valence-electron chi connectivity index (χ1n) is 9.13. The van der Waals surface area contributed by atoms with Gasteiger partial charge in [0.1, 0.15) is 11.3 Å². The Hall–Kier alpha value is -2.83. The smallest absolute Gasteiger partial charge is 0.336 e. The van der Waals surface area contributed by atoms with Crippen molar-refractivity contribution < 1.29 is 23.8 Å². The molecule has 1 heterocycles. The summed E-state index contributed by atoms with van der Waals surface area (Å²) in [6.45, 7) is 4.08.